The maximum absolute atomic E-state index is 12.3. The Morgan fingerprint density at radius 3 is 2.70 bits per heavy atom. The Balaban J connectivity index is 1.80. The van der Waals surface area contributed by atoms with Gasteiger partial charge in [-0.25, -0.2) is 0 Å². The Morgan fingerprint density at radius 1 is 1.17 bits per heavy atom. The molecule has 0 saturated heterocycles. The molecule has 3 rings (SSSR count). The minimum atomic E-state index is -0.408. The average molecular weight is 403 g/mol. The van der Waals surface area contributed by atoms with Crippen molar-refractivity contribution in [2.45, 2.75) is 13.5 Å². The molecule has 6 nitrogen and oxygen atoms in total. The standard InChI is InChI=1S/C24H25N3O3/c1-18-7-3-6-10-23(18)30-14-12-27-17-20(21-8-4-5-9-22(21)27)15-19(16-25)24(28)26-11-13-29-2/h3-10,15,17H,11-14H2,1-2H3,(H,26,28)/b19-15+. The summed E-state index contributed by atoms with van der Waals surface area (Å²) in [5.41, 5.74) is 3.00. The van der Waals surface area contributed by atoms with Crippen LogP contribution >= 0.6 is 0 Å². The number of aryl methyl sites for hydroxylation is 1. The summed E-state index contributed by atoms with van der Waals surface area (Å²) in [5.74, 6) is 0.461. The third kappa shape index (κ3) is 5.07. The maximum atomic E-state index is 12.3. The summed E-state index contributed by atoms with van der Waals surface area (Å²) in [7, 11) is 1.56. The number of carbonyl (C=O) groups excluding carboxylic acids is 1. The number of hydrogen-bond acceptors (Lipinski definition) is 4. The second kappa shape index (κ2) is 10.3. The van der Waals surface area contributed by atoms with Crippen LogP contribution < -0.4 is 10.1 Å². The summed E-state index contributed by atoms with van der Waals surface area (Å²) in [6.07, 6.45) is 3.58. The zero-order chi connectivity index (χ0) is 21.3. The number of nitriles is 1. The molecule has 1 aromatic heterocycles. The van der Waals surface area contributed by atoms with Gasteiger partial charge in [0, 0.05) is 36.3 Å². The maximum Gasteiger partial charge on any atom is 0.262 e. The number of ether oxygens (including phenoxy) is 2. The molecular formula is C24H25N3O3. The largest absolute Gasteiger partial charge is 0.491 e. The first kappa shape index (κ1) is 21.2. The van der Waals surface area contributed by atoms with Gasteiger partial charge in [-0.1, -0.05) is 36.4 Å². The molecule has 2 aromatic carbocycles. The Morgan fingerprint density at radius 2 is 1.93 bits per heavy atom. The molecule has 0 saturated carbocycles. The van der Waals surface area contributed by atoms with Crippen LogP contribution in [-0.2, 0) is 16.1 Å². The topological polar surface area (TPSA) is 76.3 Å². The monoisotopic (exact) mass is 403 g/mol. The molecule has 30 heavy (non-hydrogen) atoms. The highest BCUT2D eigenvalue weighted by Crippen LogP contribution is 2.24. The molecule has 3 aromatic rings. The predicted octanol–water partition coefficient (Wildman–Crippen LogP) is 3.70. The number of fused-ring (bicyclic) bond motifs is 1. The molecule has 1 amide bonds. The van der Waals surface area contributed by atoms with Crippen molar-refractivity contribution >= 4 is 22.9 Å². The van der Waals surface area contributed by atoms with Crippen LogP contribution in [0.2, 0.25) is 0 Å². The van der Waals surface area contributed by atoms with Gasteiger partial charge >= 0.3 is 0 Å². The van der Waals surface area contributed by atoms with E-state index in [0.29, 0.717) is 26.3 Å². The number of para-hydroxylation sites is 2. The molecule has 0 fully saturated rings. The lowest BCUT2D eigenvalue weighted by Gasteiger charge is -2.10. The minimum absolute atomic E-state index is 0.0603. The first-order valence-electron chi connectivity index (χ1n) is 9.79. The van der Waals surface area contributed by atoms with Crippen molar-refractivity contribution in [3.63, 3.8) is 0 Å². The second-order valence-corrected chi connectivity index (χ2v) is 6.83. The first-order chi connectivity index (χ1) is 14.6. The third-order valence-corrected chi connectivity index (χ3v) is 4.76. The smallest absolute Gasteiger partial charge is 0.262 e. The summed E-state index contributed by atoms with van der Waals surface area (Å²) in [4.78, 5) is 12.3. The summed E-state index contributed by atoms with van der Waals surface area (Å²) < 4.78 is 12.9. The van der Waals surface area contributed by atoms with E-state index in [9.17, 15) is 10.1 Å². The van der Waals surface area contributed by atoms with Crippen molar-refractivity contribution in [2.75, 3.05) is 26.9 Å². The molecule has 0 radical (unpaired) electrons. The van der Waals surface area contributed by atoms with Crippen LogP contribution in [0.15, 0.2) is 60.3 Å². The van der Waals surface area contributed by atoms with Crippen molar-refractivity contribution < 1.29 is 14.3 Å². The molecule has 6 heteroatoms. The Labute approximate surface area is 176 Å². The van der Waals surface area contributed by atoms with E-state index in [1.807, 2.05) is 67.7 Å². The van der Waals surface area contributed by atoms with E-state index >= 15 is 0 Å². The Bertz CT molecular complexity index is 1090. The minimum Gasteiger partial charge on any atom is -0.491 e. The average Bonchev–Trinajstić information content (AvgIpc) is 3.11. The van der Waals surface area contributed by atoms with Crippen LogP contribution in [-0.4, -0.2) is 37.3 Å². The van der Waals surface area contributed by atoms with Gasteiger partial charge in [0.1, 0.15) is 24.0 Å². The quantitative estimate of drug-likeness (QED) is 0.336. The number of methoxy groups -OCH3 is 1. The highest BCUT2D eigenvalue weighted by Gasteiger charge is 2.12. The lowest BCUT2D eigenvalue weighted by molar-refractivity contribution is -0.117. The zero-order valence-electron chi connectivity index (χ0n) is 17.2. The lowest BCUT2D eigenvalue weighted by atomic mass is 10.1. The highest BCUT2D eigenvalue weighted by atomic mass is 16.5. The number of rotatable bonds is 9. The molecule has 0 aliphatic rings. The van der Waals surface area contributed by atoms with E-state index < -0.39 is 5.91 Å². The molecule has 0 aliphatic heterocycles. The van der Waals surface area contributed by atoms with Crippen LogP contribution in [0.3, 0.4) is 0 Å². The lowest BCUT2D eigenvalue weighted by Crippen LogP contribution is -2.27. The van der Waals surface area contributed by atoms with Gasteiger partial charge in [-0.15, -0.1) is 0 Å². The van der Waals surface area contributed by atoms with E-state index in [4.69, 9.17) is 9.47 Å². The van der Waals surface area contributed by atoms with Gasteiger partial charge in [-0.2, -0.15) is 5.26 Å². The van der Waals surface area contributed by atoms with Crippen molar-refractivity contribution in [1.82, 2.24) is 9.88 Å². The zero-order valence-corrected chi connectivity index (χ0v) is 17.2. The van der Waals surface area contributed by atoms with E-state index in [1.54, 1.807) is 13.2 Å². The van der Waals surface area contributed by atoms with Crippen LogP contribution in [0.5, 0.6) is 5.75 Å². The number of nitrogens with zero attached hydrogens (tertiary/aromatic N) is 2. The predicted molar refractivity (Wildman–Crippen MR) is 117 cm³/mol. The summed E-state index contributed by atoms with van der Waals surface area (Å²) in [6.45, 7) is 3.92. The molecule has 0 aliphatic carbocycles. The third-order valence-electron chi connectivity index (χ3n) is 4.76. The summed E-state index contributed by atoms with van der Waals surface area (Å²) in [6, 6.07) is 17.8. The number of nitrogens with one attached hydrogen (secondary N) is 1. The van der Waals surface area contributed by atoms with Gasteiger partial charge < -0.3 is 19.4 Å². The Hall–Kier alpha value is -3.56. The van der Waals surface area contributed by atoms with Crippen LogP contribution in [0.25, 0.3) is 17.0 Å². The SMILES string of the molecule is COCCNC(=O)/C(C#N)=C/c1cn(CCOc2ccccc2C)c2ccccc12. The van der Waals surface area contributed by atoms with Crippen LogP contribution in [0, 0.1) is 18.3 Å². The van der Waals surface area contributed by atoms with Gasteiger partial charge in [0.25, 0.3) is 5.91 Å². The molecular weight excluding hydrogens is 378 g/mol. The van der Waals surface area contributed by atoms with E-state index in [-0.39, 0.29) is 5.57 Å². The fourth-order valence-corrected chi connectivity index (χ4v) is 3.21. The normalized spacial score (nSPS) is 11.3. The second-order valence-electron chi connectivity index (χ2n) is 6.83. The van der Waals surface area contributed by atoms with Gasteiger partial charge in [0.2, 0.25) is 0 Å². The van der Waals surface area contributed by atoms with Crippen molar-refractivity contribution in [3.05, 3.63) is 71.4 Å². The molecule has 154 valence electrons. The van der Waals surface area contributed by atoms with E-state index in [0.717, 1.165) is 27.8 Å². The summed E-state index contributed by atoms with van der Waals surface area (Å²) >= 11 is 0. The molecule has 0 unspecified atom stereocenters. The van der Waals surface area contributed by atoms with Gasteiger partial charge in [0.15, 0.2) is 0 Å². The highest BCUT2D eigenvalue weighted by molar-refractivity contribution is 6.04. The fraction of sp³-hybridized carbons (Fsp3) is 0.250. The van der Waals surface area contributed by atoms with Gasteiger partial charge in [-0.3, -0.25) is 4.79 Å². The van der Waals surface area contributed by atoms with E-state index in [2.05, 4.69) is 9.88 Å². The molecule has 1 heterocycles. The molecule has 0 bridgehead atoms. The van der Waals surface area contributed by atoms with Crippen LogP contribution in [0.1, 0.15) is 11.1 Å². The first-order valence-corrected chi connectivity index (χ1v) is 9.79. The van der Waals surface area contributed by atoms with Crippen LogP contribution in [0.4, 0.5) is 0 Å². The molecule has 0 spiro atoms. The summed E-state index contributed by atoms with van der Waals surface area (Å²) in [5, 5.41) is 13.1. The molecule has 1 N–H and O–H groups in total. The van der Waals surface area contributed by atoms with Gasteiger partial charge in [-0.05, 0) is 30.7 Å². The molecule has 0 atom stereocenters. The van der Waals surface area contributed by atoms with Crippen molar-refractivity contribution in [1.29, 1.82) is 5.26 Å². The van der Waals surface area contributed by atoms with Gasteiger partial charge in [0.05, 0.1) is 13.2 Å². The number of carbonyl (C=O) groups is 1. The number of amides is 1. The Kier molecular flexibility index (Phi) is 7.25. The number of benzene rings is 2. The van der Waals surface area contributed by atoms with Crippen molar-refractivity contribution in [3.8, 4) is 11.8 Å². The van der Waals surface area contributed by atoms with Crippen molar-refractivity contribution in [2.24, 2.45) is 0 Å². The number of aromatic nitrogens is 1. The number of hydrogen-bond donors (Lipinski definition) is 1. The van der Waals surface area contributed by atoms with E-state index in [1.165, 1.54) is 0 Å². The fourth-order valence-electron chi connectivity index (χ4n) is 3.21.